The fraction of sp³-hybridized carbons (Fsp3) is 0.357. The zero-order valence-corrected chi connectivity index (χ0v) is 10.8. The van der Waals surface area contributed by atoms with Gasteiger partial charge in [-0.15, -0.1) is 23.7 Å². The van der Waals surface area contributed by atoms with Crippen LogP contribution in [-0.2, 0) is 0 Å². The van der Waals surface area contributed by atoms with E-state index in [2.05, 4.69) is 33.7 Å². The molecule has 1 N–H and O–H groups in total. The molecular formula is C14H16N2S. The van der Waals surface area contributed by atoms with Crippen LogP contribution in [0.3, 0.4) is 0 Å². The molecule has 2 rings (SSSR count). The first kappa shape index (κ1) is 12.1. The van der Waals surface area contributed by atoms with E-state index in [-0.39, 0.29) is 0 Å². The van der Waals surface area contributed by atoms with Gasteiger partial charge in [0.1, 0.15) is 0 Å². The van der Waals surface area contributed by atoms with Gasteiger partial charge in [0.05, 0.1) is 10.2 Å². The van der Waals surface area contributed by atoms with Crippen molar-refractivity contribution in [2.45, 2.75) is 25.3 Å². The fourth-order valence-electron chi connectivity index (χ4n) is 1.94. The smallest absolute Gasteiger partial charge is 0.0809 e. The van der Waals surface area contributed by atoms with Crippen molar-refractivity contribution in [2.75, 3.05) is 7.05 Å². The van der Waals surface area contributed by atoms with Gasteiger partial charge in [0, 0.05) is 18.7 Å². The van der Waals surface area contributed by atoms with Gasteiger partial charge in [0.15, 0.2) is 0 Å². The molecule has 1 atom stereocenters. The van der Waals surface area contributed by atoms with Crippen LogP contribution in [0.5, 0.6) is 0 Å². The van der Waals surface area contributed by atoms with Gasteiger partial charge < -0.3 is 5.32 Å². The highest BCUT2D eigenvalue weighted by Gasteiger charge is 2.10. The number of fused-ring (bicyclic) bond motifs is 1. The van der Waals surface area contributed by atoms with Crippen molar-refractivity contribution in [2.24, 2.45) is 0 Å². The van der Waals surface area contributed by atoms with Crippen LogP contribution < -0.4 is 5.32 Å². The number of terminal acetylenes is 1. The number of aromatic nitrogens is 1. The van der Waals surface area contributed by atoms with Gasteiger partial charge in [-0.3, -0.25) is 4.98 Å². The van der Waals surface area contributed by atoms with Gasteiger partial charge >= 0.3 is 0 Å². The molecule has 0 aliphatic rings. The standard InChI is InChI=1S/C14H16N2S/c1-3-4-5-6-12(15-2)11-9-14-13(16-10-11)7-8-17-14/h1,7-10,12,15H,4-6H2,2H3. The number of unbranched alkanes of at least 4 members (excludes halogenated alkanes) is 1. The monoisotopic (exact) mass is 244 g/mol. The number of thiophene rings is 1. The lowest BCUT2D eigenvalue weighted by Crippen LogP contribution is -2.16. The molecule has 0 amide bonds. The van der Waals surface area contributed by atoms with E-state index in [0.29, 0.717) is 6.04 Å². The van der Waals surface area contributed by atoms with Crippen molar-refractivity contribution in [3.63, 3.8) is 0 Å². The van der Waals surface area contributed by atoms with E-state index < -0.39 is 0 Å². The van der Waals surface area contributed by atoms with Crippen LogP contribution in [0.1, 0.15) is 30.9 Å². The van der Waals surface area contributed by atoms with Gasteiger partial charge in [-0.2, -0.15) is 0 Å². The topological polar surface area (TPSA) is 24.9 Å². The molecule has 2 heterocycles. The molecule has 0 aliphatic heterocycles. The zero-order valence-electron chi connectivity index (χ0n) is 9.94. The fourth-order valence-corrected chi connectivity index (χ4v) is 2.73. The Morgan fingerprint density at radius 1 is 1.59 bits per heavy atom. The summed E-state index contributed by atoms with van der Waals surface area (Å²) >= 11 is 1.74. The Morgan fingerprint density at radius 3 is 3.24 bits per heavy atom. The minimum atomic E-state index is 0.349. The Bertz CT molecular complexity index is 524. The quantitative estimate of drug-likeness (QED) is 0.644. The van der Waals surface area contributed by atoms with Crippen molar-refractivity contribution >= 4 is 21.6 Å². The average molecular weight is 244 g/mol. The van der Waals surface area contributed by atoms with Gasteiger partial charge in [-0.1, -0.05) is 0 Å². The van der Waals surface area contributed by atoms with Crippen molar-refractivity contribution in [3.05, 3.63) is 29.3 Å². The normalized spacial score (nSPS) is 12.5. The Labute approximate surface area is 106 Å². The third kappa shape index (κ3) is 2.85. The molecule has 2 nitrogen and oxygen atoms in total. The molecule has 0 aromatic carbocycles. The van der Waals surface area contributed by atoms with Gasteiger partial charge in [0.2, 0.25) is 0 Å². The average Bonchev–Trinajstić information content (AvgIpc) is 2.82. The largest absolute Gasteiger partial charge is 0.313 e. The molecule has 17 heavy (non-hydrogen) atoms. The SMILES string of the molecule is C#CCCCC(NC)c1cnc2ccsc2c1. The molecule has 0 radical (unpaired) electrons. The first-order valence-corrected chi connectivity index (χ1v) is 6.67. The van der Waals surface area contributed by atoms with Crippen molar-refractivity contribution in [1.29, 1.82) is 0 Å². The lowest BCUT2D eigenvalue weighted by molar-refractivity contribution is 0.531. The second-order valence-corrected chi connectivity index (χ2v) is 4.96. The molecule has 0 aliphatic carbocycles. The molecule has 1 unspecified atom stereocenters. The third-order valence-corrected chi connectivity index (χ3v) is 3.74. The summed E-state index contributed by atoms with van der Waals surface area (Å²) in [6, 6.07) is 4.63. The van der Waals surface area contributed by atoms with Crippen molar-refractivity contribution in [1.82, 2.24) is 10.3 Å². The maximum atomic E-state index is 5.27. The van der Waals surface area contributed by atoms with Crippen molar-refractivity contribution in [3.8, 4) is 12.3 Å². The minimum absolute atomic E-state index is 0.349. The van der Waals surface area contributed by atoms with Crippen LogP contribution in [0.4, 0.5) is 0 Å². The predicted molar refractivity (Wildman–Crippen MR) is 74.1 cm³/mol. The molecule has 0 saturated carbocycles. The number of nitrogens with zero attached hydrogens (tertiary/aromatic N) is 1. The lowest BCUT2D eigenvalue weighted by atomic mass is 10.0. The van der Waals surface area contributed by atoms with Crippen LogP contribution in [0.25, 0.3) is 10.2 Å². The highest BCUT2D eigenvalue weighted by atomic mass is 32.1. The maximum Gasteiger partial charge on any atom is 0.0809 e. The number of rotatable bonds is 5. The number of nitrogens with one attached hydrogen (secondary N) is 1. The van der Waals surface area contributed by atoms with Gasteiger partial charge in [0.25, 0.3) is 0 Å². The second-order valence-electron chi connectivity index (χ2n) is 4.01. The predicted octanol–water partition coefficient (Wildman–Crippen LogP) is 3.36. The molecule has 0 saturated heterocycles. The summed E-state index contributed by atoms with van der Waals surface area (Å²) in [4.78, 5) is 4.47. The van der Waals surface area contributed by atoms with E-state index >= 15 is 0 Å². The van der Waals surface area contributed by atoms with E-state index in [9.17, 15) is 0 Å². The molecule has 2 aromatic heterocycles. The Kier molecular flexibility index (Phi) is 4.13. The number of hydrogen-bond acceptors (Lipinski definition) is 3. The van der Waals surface area contributed by atoms with Crippen molar-refractivity contribution < 1.29 is 0 Å². The first-order valence-electron chi connectivity index (χ1n) is 5.79. The Hall–Kier alpha value is -1.37. The summed E-state index contributed by atoms with van der Waals surface area (Å²) in [5.74, 6) is 2.68. The second kappa shape index (κ2) is 5.81. The summed E-state index contributed by atoms with van der Waals surface area (Å²) in [5.41, 5.74) is 2.33. The molecule has 0 bridgehead atoms. The third-order valence-electron chi connectivity index (χ3n) is 2.89. The van der Waals surface area contributed by atoms with Crippen LogP contribution in [0, 0.1) is 12.3 Å². The van der Waals surface area contributed by atoms with Crippen LogP contribution in [0.15, 0.2) is 23.7 Å². The van der Waals surface area contributed by atoms with E-state index in [1.807, 2.05) is 13.2 Å². The Balaban J connectivity index is 2.15. The van der Waals surface area contributed by atoms with Crippen LogP contribution in [-0.4, -0.2) is 12.0 Å². The van der Waals surface area contributed by atoms with E-state index in [4.69, 9.17) is 6.42 Å². The van der Waals surface area contributed by atoms with Crippen LogP contribution in [0.2, 0.25) is 0 Å². The molecule has 0 fully saturated rings. The van der Waals surface area contributed by atoms with E-state index in [0.717, 1.165) is 24.8 Å². The first-order chi connectivity index (χ1) is 8.35. The van der Waals surface area contributed by atoms with Gasteiger partial charge in [-0.05, 0) is 43.0 Å². The summed E-state index contributed by atoms with van der Waals surface area (Å²) in [6.07, 6.45) is 10.2. The molecule has 2 aromatic rings. The van der Waals surface area contributed by atoms with E-state index in [1.165, 1.54) is 10.3 Å². The molecular weight excluding hydrogens is 228 g/mol. The number of hydrogen-bond donors (Lipinski definition) is 1. The molecule has 88 valence electrons. The van der Waals surface area contributed by atoms with Crippen LogP contribution >= 0.6 is 11.3 Å². The highest BCUT2D eigenvalue weighted by molar-refractivity contribution is 7.17. The molecule has 3 heteroatoms. The minimum Gasteiger partial charge on any atom is -0.313 e. The summed E-state index contributed by atoms with van der Waals surface area (Å²) in [7, 11) is 1.99. The summed E-state index contributed by atoms with van der Waals surface area (Å²) < 4.78 is 1.25. The lowest BCUT2D eigenvalue weighted by Gasteiger charge is -2.15. The Morgan fingerprint density at radius 2 is 2.47 bits per heavy atom. The highest BCUT2D eigenvalue weighted by Crippen LogP contribution is 2.24. The maximum absolute atomic E-state index is 5.27. The van der Waals surface area contributed by atoms with Gasteiger partial charge in [-0.25, -0.2) is 0 Å². The molecule has 0 spiro atoms. The zero-order chi connectivity index (χ0) is 12.1. The van der Waals surface area contributed by atoms with E-state index in [1.54, 1.807) is 11.3 Å². The summed E-state index contributed by atoms with van der Waals surface area (Å²) in [5, 5.41) is 5.41. The number of pyridine rings is 1. The summed E-state index contributed by atoms with van der Waals surface area (Å²) in [6.45, 7) is 0.